The Balaban J connectivity index is 2.17. The summed E-state index contributed by atoms with van der Waals surface area (Å²) in [6, 6.07) is 0. The van der Waals surface area contributed by atoms with Gasteiger partial charge < -0.3 is 4.74 Å². The largest absolute Gasteiger partial charge is 0.381 e. The van der Waals surface area contributed by atoms with Crippen molar-refractivity contribution in [3.8, 4) is 0 Å². The van der Waals surface area contributed by atoms with E-state index in [1.165, 1.54) is 25.7 Å². The molecule has 0 radical (unpaired) electrons. The molecule has 0 aliphatic heterocycles. The molecule has 60 valence electrons. The number of halogens is 1. The molecule has 0 aromatic rings. The highest BCUT2D eigenvalue weighted by Gasteiger charge is 2.19. The van der Waals surface area contributed by atoms with Crippen molar-refractivity contribution in [2.75, 3.05) is 13.0 Å². The molecule has 10 heavy (non-hydrogen) atoms. The van der Waals surface area contributed by atoms with Gasteiger partial charge in [0.15, 0.2) is 0 Å². The van der Waals surface area contributed by atoms with Crippen LogP contribution in [0.15, 0.2) is 0 Å². The standard InChI is InChI=1S/C8H15ClO/c1-10-8-4-2-7(6-9)3-5-8/h7-8H,2-6H2,1H3. The quantitative estimate of drug-likeness (QED) is 0.567. The highest BCUT2D eigenvalue weighted by molar-refractivity contribution is 6.18. The van der Waals surface area contributed by atoms with Crippen molar-refractivity contribution in [1.29, 1.82) is 0 Å². The Morgan fingerprint density at radius 1 is 1.30 bits per heavy atom. The molecule has 0 aromatic heterocycles. The molecule has 0 amide bonds. The molecule has 0 heterocycles. The van der Waals surface area contributed by atoms with Crippen LogP contribution in [0.3, 0.4) is 0 Å². The third kappa shape index (κ3) is 2.14. The van der Waals surface area contributed by atoms with Crippen LogP contribution in [0, 0.1) is 5.92 Å². The molecule has 1 rings (SSSR count). The first-order chi connectivity index (χ1) is 4.86. The zero-order valence-electron chi connectivity index (χ0n) is 6.48. The summed E-state index contributed by atoms with van der Waals surface area (Å²) in [5, 5.41) is 0. The number of methoxy groups -OCH3 is 1. The van der Waals surface area contributed by atoms with Gasteiger partial charge in [-0.25, -0.2) is 0 Å². The minimum Gasteiger partial charge on any atom is -0.381 e. The highest BCUT2D eigenvalue weighted by Crippen LogP contribution is 2.26. The fraction of sp³-hybridized carbons (Fsp3) is 1.00. The first-order valence-corrected chi connectivity index (χ1v) is 4.49. The average molecular weight is 163 g/mol. The van der Waals surface area contributed by atoms with E-state index in [1.807, 2.05) is 0 Å². The lowest BCUT2D eigenvalue weighted by Crippen LogP contribution is -2.20. The van der Waals surface area contributed by atoms with E-state index in [2.05, 4.69) is 0 Å². The summed E-state index contributed by atoms with van der Waals surface area (Å²) in [6.07, 6.45) is 5.42. The summed E-state index contributed by atoms with van der Waals surface area (Å²) in [4.78, 5) is 0. The normalized spacial score (nSPS) is 34.2. The van der Waals surface area contributed by atoms with E-state index in [1.54, 1.807) is 7.11 Å². The van der Waals surface area contributed by atoms with Gasteiger partial charge in [-0.3, -0.25) is 0 Å². The fourth-order valence-electron chi connectivity index (χ4n) is 1.52. The Morgan fingerprint density at radius 2 is 1.90 bits per heavy atom. The first kappa shape index (κ1) is 8.35. The summed E-state index contributed by atoms with van der Waals surface area (Å²) in [5.41, 5.74) is 0. The van der Waals surface area contributed by atoms with Crippen LogP contribution < -0.4 is 0 Å². The van der Waals surface area contributed by atoms with Crippen molar-refractivity contribution in [3.63, 3.8) is 0 Å². The van der Waals surface area contributed by atoms with Gasteiger partial charge in [0, 0.05) is 13.0 Å². The summed E-state index contributed by atoms with van der Waals surface area (Å²) in [7, 11) is 1.80. The molecule has 1 aliphatic rings. The van der Waals surface area contributed by atoms with Crippen molar-refractivity contribution < 1.29 is 4.74 Å². The zero-order valence-corrected chi connectivity index (χ0v) is 7.23. The second-order valence-corrected chi connectivity index (χ2v) is 3.34. The van der Waals surface area contributed by atoms with Crippen molar-refractivity contribution in [2.45, 2.75) is 31.8 Å². The van der Waals surface area contributed by atoms with Gasteiger partial charge in [0.25, 0.3) is 0 Å². The molecule has 0 atom stereocenters. The summed E-state index contributed by atoms with van der Waals surface area (Å²) < 4.78 is 5.24. The monoisotopic (exact) mass is 162 g/mol. The van der Waals surface area contributed by atoms with Crippen molar-refractivity contribution >= 4 is 11.6 Å². The van der Waals surface area contributed by atoms with Crippen LogP contribution in [-0.2, 0) is 4.74 Å². The van der Waals surface area contributed by atoms with Gasteiger partial charge in [-0.2, -0.15) is 0 Å². The van der Waals surface area contributed by atoms with E-state index < -0.39 is 0 Å². The maximum absolute atomic E-state index is 5.73. The Hall–Kier alpha value is 0.250. The van der Waals surface area contributed by atoms with E-state index in [0.29, 0.717) is 6.10 Å². The van der Waals surface area contributed by atoms with Crippen LogP contribution in [0.5, 0.6) is 0 Å². The molecule has 0 unspecified atom stereocenters. The Morgan fingerprint density at radius 3 is 2.30 bits per heavy atom. The van der Waals surface area contributed by atoms with Gasteiger partial charge >= 0.3 is 0 Å². The summed E-state index contributed by atoms with van der Waals surface area (Å²) in [6.45, 7) is 0. The predicted octanol–water partition coefficient (Wildman–Crippen LogP) is 2.43. The third-order valence-corrected chi connectivity index (χ3v) is 2.78. The van der Waals surface area contributed by atoms with E-state index >= 15 is 0 Å². The maximum atomic E-state index is 5.73. The van der Waals surface area contributed by atoms with E-state index in [-0.39, 0.29) is 0 Å². The van der Waals surface area contributed by atoms with Gasteiger partial charge in [0.05, 0.1) is 6.10 Å². The molecule has 1 nitrogen and oxygen atoms in total. The van der Waals surface area contributed by atoms with Gasteiger partial charge in [-0.1, -0.05) is 0 Å². The Labute approximate surface area is 67.7 Å². The van der Waals surface area contributed by atoms with E-state index in [9.17, 15) is 0 Å². The van der Waals surface area contributed by atoms with Crippen molar-refractivity contribution in [1.82, 2.24) is 0 Å². The molecule has 0 N–H and O–H groups in total. The molecular formula is C8H15ClO. The Kier molecular flexibility index (Phi) is 3.50. The number of alkyl halides is 1. The number of ether oxygens (including phenoxy) is 1. The highest BCUT2D eigenvalue weighted by atomic mass is 35.5. The molecule has 1 fully saturated rings. The molecular weight excluding hydrogens is 148 g/mol. The van der Waals surface area contributed by atoms with Crippen LogP contribution in [0.1, 0.15) is 25.7 Å². The van der Waals surface area contributed by atoms with Gasteiger partial charge in [-0.05, 0) is 31.6 Å². The molecule has 2 heteroatoms. The summed E-state index contributed by atoms with van der Waals surface area (Å²) >= 11 is 5.73. The minimum atomic E-state index is 0.513. The van der Waals surface area contributed by atoms with Gasteiger partial charge in [0.2, 0.25) is 0 Å². The average Bonchev–Trinajstić information content (AvgIpc) is 2.05. The van der Waals surface area contributed by atoms with Gasteiger partial charge in [-0.15, -0.1) is 11.6 Å². The molecule has 0 bridgehead atoms. The third-order valence-electron chi connectivity index (χ3n) is 2.35. The predicted molar refractivity (Wildman–Crippen MR) is 43.5 cm³/mol. The second kappa shape index (κ2) is 4.20. The first-order valence-electron chi connectivity index (χ1n) is 3.95. The zero-order chi connectivity index (χ0) is 7.40. The maximum Gasteiger partial charge on any atom is 0.0571 e. The molecule has 0 spiro atoms. The molecule has 1 aliphatic carbocycles. The number of hydrogen-bond donors (Lipinski definition) is 0. The van der Waals surface area contributed by atoms with Crippen LogP contribution in [0.4, 0.5) is 0 Å². The summed E-state index contributed by atoms with van der Waals surface area (Å²) in [5.74, 6) is 1.59. The van der Waals surface area contributed by atoms with Crippen LogP contribution >= 0.6 is 11.6 Å². The van der Waals surface area contributed by atoms with E-state index in [4.69, 9.17) is 16.3 Å². The van der Waals surface area contributed by atoms with Crippen LogP contribution in [0.2, 0.25) is 0 Å². The lowest BCUT2D eigenvalue weighted by molar-refractivity contribution is 0.0597. The van der Waals surface area contributed by atoms with Crippen LogP contribution in [-0.4, -0.2) is 19.1 Å². The smallest absolute Gasteiger partial charge is 0.0571 e. The fourth-order valence-corrected chi connectivity index (χ4v) is 1.83. The number of hydrogen-bond acceptors (Lipinski definition) is 1. The lowest BCUT2D eigenvalue weighted by Gasteiger charge is -2.25. The van der Waals surface area contributed by atoms with Crippen molar-refractivity contribution in [3.05, 3.63) is 0 Å². The minimum absolute atomic E-state index is 0.513. The van der Waals surface area contributed by atoms with Crippen molar-refractivity contribution in [2.24, 2.45) is 5.92 Å². The molecule has 0 aromatic carbocycles. The molecule has 1 saturated carbocycles. The topological polar surface area (TPSA) is 9.23 Å². The lowest BCUT2D eigenvalue weighted by atomic mass is 9.89. The van der Waals surface area contributed by atoms with Crippen LogP contribution in [0.25, 0.3) is 0 Å². The second-order valence-electron chi connectivity index (χ2n) is 3.03. The SMILES string of the molecule is COC1CCC(CCl)CC1. The molecule has 0 saturated heterocycles. The number of rotatable bonds is 2. The van der Waals surface area contributed by atoms with E-state index in [0.717, 1.165) is 11.8 Å². The van der Waals surface area contributed by atoms with Gasteiger partial charge in [0.1, 0.15) is 0 Å². The Bertz CT molecular complexity index is 75.3.